The van der Waals surface area contributed by atoms with Gasteiger partial charge in [-0.05, 0) is 50.8 Å². The van der Waals surface area contributed by atoms with Crippen molar-refractivity contribution in [1.82, 2.24) is 34.7 Å². The number of carbonyl (C=O) groups is 1. The standard InChI is InChI=1S/C34H38FN7O5/c1-33(2,3)47-32(44)36-16-22-5-7-23(8-6-22)30-28-29(39-40(30)4)31(43)42(21-37-28)20-34(45)11-13-41(14-12-34)18-25-10-9-24(15-27(25)35)26-17-38-46-19-26/h5-10,15,17,19,21,45H,11-14,16,18,20H2,1-4H3,(H,36,44). The number of likely N-dealkylation sites (tertiary alicyclic amines) is 1. The molecule has 2 N–H and O–H groups in total. The van der Waals surface area contributed by atoms with Gasteiger partial charge in [-0.15, -0.1) is 0 Å². The number of aromatic nitrogens is 5. The Hall–Kier alpha value is -4.88. The van der Waals surface area contributed by atoms with Crippen LogP contribution in [0.15, 0.2) is 70.6 Å². The van der Waals surface area contributed by atoms with Gasteiger partial charge >= 0.3 is 6.09 Å². The molecule has 47 heavy (non-hydrogen) atoms. The number of carbonyl (C=O) groups excluding carboxylic acids is 1. The van der Waals surface area contributed by atoms with E-state index in [4.69, 9.17) is 9.26 Å². The second-order valence-electron chi connectivity index (χ2n) is 13.1. The first-order chi connectivity index (χ1) is 22.4. The van der Waals surface area contributed by atoms with Crippen LogP contribution in [-0.2, 0) is 31.4 Å². The summed E-state index contributed by atoms with van der Waals surface area (Å²) in [7, 11) is 1.76. The van der Waals surface area contributed by atoms with Crippen molar-refractivity contribution in [2.24, 2.45) is 7.05 Å². The molecule has 13 heteroatoms. The number of ether oxygens (including phenoxy) is 1. The van der Waals surface area contributed by atoms with Crippen LogP contribution in [0.3, 0.4) is 0 Å². The zero-order chi connectivity index (χ0) is 33.3. The van der Waals surface area contributed by atoms with Crippen LogP contribution >= 0.6 is 0 Å². The third kappa shape index (κ3) is 7.26. The number of hydrogen-bond donors (Lipinski definition) is 2. The summed E-state index contributed by atoms with van der Waals surface area (Å²) in [6.45, 7) is 7.32. The van der Waals surface area contributed by atoms with Crippen molar-refractivity contribution >= 4 is 17.1 Å². The Labute approximate surface area is 270 Å². The van der Waals surface area contributed by atoms with Crippen LogP contribution in [0.25, 0.3) is 33.4 Å². The fourth-order valence-corrected chi connectivity index (χ4v) is 5.85. The fourth-order valence-electron chi connectivity index (χ4n) is 5.85. The van der Waals surface area contributed by atoms with Crippen LogP contribution in [0.4, 0.5) is 9.18 Å². The molecule has 0 unspecified atom stereocenters. The molecule has 1 saturated heterocycles. The Morgan fingerprint density at radius 1 is 1.09 bits per heavy atom. The predicted molar refractivity (Wildman–Crippen MR) is 173 cm³/mol. The Morgan fingerprint density at radius 2 is 1.81 bits per heavy atom. The highest BCUT2D eigenvalue weighted by Gasteiger charge is 2.34. The normalized spacial score (nSPS) is 15.2. The molecule has 4 heterocycles. The van der Waals surface area contributed by atoms with Gasteiger partial charge in [0.25, 0.3) is 5.56 Å². The molecule has 2 aromatic carbocycles. The van der Waals surface area contributed by atoms with Crippen molar-refractivity contribution in [2.45, 2.75) is 64.4 Å². The second kappa shape index (κ2) is 12.7. The molecule has 1 aliphatic rings. The summed E-state index contributed by atoms with van der Waals surface area (Å²) in [5.74, 6) is -0.309. The van der Waals surface area contributed by atoms with E-state index < -0.39 is 17.3 Å². The highest BCUT2D eigenvalue weighted by atomic mass is 19.1. The predicted octanol–water partition coefficient (Wildman–Crippen LogP) is 4.64. The first-order valence-electron chi connectivity index (χ1n) is 15.5. The molecule has 0 spiro atoms. The van der Waals surface area contributed by atoms with E-state index >= 15 is 0 Å². The monoisotopic (exact) mass is 643 g/mol. The number of alkyl carbamates (subject to hydrolysis) is 1. The van der Waals surface area contributed by atoms with Gasteiger partial charge in [-0.25, -0.2) is 14.2 Å². The number of nitrogens with zero attached hydrogens (tertiary/aromatic N) is 6. The number of benzene rings is 2. The average Bonchev–Trinajstić information content (AvgIpc) is 3.68. The van der Waals surface area contributed by atoms with Gasteiger partial charge in [-0.1, -0.05) is 41.6 Å². The maximum absolute atomic E-state index is 14.9. The van der Waals surface area contributed by atoms with Gasteiger partial charge in [0.2, 0.25) is 0 Å². The minimum Gasteiger partial charge on any atom is -0.444 e. The molecule has 5 aromatic rings. The number of piperidine rings is 1. The van der Waals surface area contributed by atoms with E-state index in [0.717, 1.165) is 11.1 Å². The van der Waals surface area contributed by atoms with Crippen LogP contribution in [0.5, 0.6) is 0 Å². The van der Waals surface area contributed by atoms with Gasteiger partial charge in [0.15, 0.2) is 5.52 Å². The van der Waals surface area contributed by atoms with E-state index in [9.17, 15) is 19.1 Å². The number of nitrogens with one attached hydrogen (secondary N) is 1. The van der Waals surface area contributed by atoms with Crippen LogP contribution in [0, 0.1) is 5.82 Å². The summed E-state index contributed by atoms with van der Waals surface area (Å²) in [6, 6.07) is 12.6. The lowest BCUT2D eigenvalue weighted by Gasteiger charge is -2.38. The molecule has 0 aliphatic carbocycles. The van der Waals surface area contributed by atoms with Crippen LogP contribution in [0.1, 0.15) is 44.7 Å². The molecule has 1 amide bonds. The van der Waals surface area contributed by atoms with E-state index in [-0.39, 0.29) is 23.4 Å². The minimum atomic E-state index is -1.12. The lowest BCUT2D eigenvalue weighted by molar-refractivity contribution is -0.0366. The third-order valence-electron chi connectivity index (χ3n) is 8.34. The molecule has 6 rings (SSSR count). The van der Waals surface area contributed by atoms with E-state index in [1.165, 1.54) is 23.2 Å². The van der Waals surface area contributed by atoms with Crippen LogP contribution in [-0.4, -0.2) is 64.9 Å². The SMILES string of the molecule is Cn1nc2c(=O)n(CC3(O)CCN(Cc4ccc(-c5cnoc5)cc4F)CC3)cnc2c1-c1ccc(CNC(=O)OC(C)(C)C)cc1. The highest BCUT2D eigenvalue weighted by molar-refractivity contribution is 5.89. The van der Waals surface area contributed by atoms with Crippen LogP contribution in [0.2, 0.25) is 0 Å². The molecule has 0 radical (unpaired) electrons. The Balaban J connectivity index is 1.10. The number of rotatable bonds is 8. The largest absolute Gasteiger partial charge is 0.444 e. The smallest absolute Gasteiger partial charge is 0.407 e. The van der Waals surface area contributed by atoms with Crippen molar-refractivity contribution in [3.63, 3.8) is 0 Å². The zero-order valence-corrected chi connectivity index (χ0v) is 26.9. The fraction of sp³-hybridized carbons (Fsp3) is 0.382. The quantitative estimate of drug-likeness (QED) is 0.247. The highest BCUT2D eigenvalue weighted by Crippen LogP contribution is 2.29. The molecule has 0 saturated carbocycles. The minimum absolute atomic E-state index is 0.0790. The maximum atomic E-state index is 14.9. The lowest BCUT2D eigenvalue weighted by atomic mass is 9.91. The lowest BCUT2D eigenvalue weighted by Crippen LogP contribution is -2.47. The third-order valence-corrected chi connectivity index (χ3v) is 8.34. The van der Waals surface area contributed by atoms with Crippen molar-refractivity contribution < 1.29 is 23.6 Å². The molecule has 246 valence electrons. The maximum Gasteiger partial charge on any atom is 0.407 e. The van der Waals surface area contributed by atoms with Gasteiger partial charge in [0, 0.05) is 49.9 Å². The average molecular weight is 644 g/mol. The second-order valence-corrected chi connectivity index (χ2v) is 13.1. The molecular weight excluding hydrogens is 605 g/mol. The van der Waals surface area contributed by atoms with Gasteiger partial charge < -0.3 is 19.7 Å². The summed E-state index contributed by atoms with van der Waals surface area (Å²) in [6.07, 6.45) is 4.82. The van der Waals surface area contributed by atoms with Crippen molar-refractivity contribution in [3.8, 4) is 22.4 Å². The number of aliphatic hydroxyl groups is 1. The van der Waals surface area contributed by atoms with Gasteiger partial charge in [-0.3, -0.25) is 18.9 Å². The number of fused-ring (bicyclic) bond motifs is 1. The Bertz CT molecular complexity index is 1940. The van der Waals surface area contributed by atoms with E-state index in [0.29, 0.717) is 66.9 Å². The van der Waals surface area contributed by atoms with Gasteiger partial charge in [0.1, 0.15) is 23.2 Å². The van der Waals surface area contributed by atoms with Crippen molar-refractivity contribution in [1.29, 1.82) is 0 Å². The zero-order valence-electron chi connectivity index (χ0n) is 26.9. The van der Waals surface area contributed by atoms with E-state index in [1.54, 1.807) is 24.0 Å². The summed E-state index contributed by atoms with van der Waals surface area (Å²) < 4.78 is 28.1. The molecule has 3 aromatic heterocycles. The Kier molecular flexibility index (Phi) is 8.68. The number of aryl methyl sites for hydroxylation is 1. The number of halogens is 1. The molecule has 0 bridgehead atoms. The topological polar surface area (TPSA) is 141 Å². The first kappa shape index (κ1) is 32.1. The van der Waals surface area contributed by atoms with Gasteiger partial charge in [-0.2, -0.15) is 5.10 Å². The van der Waals surface area contributed by atoms with Crippen molar-refractivity contribution in [2.75, 3.05) is 13.1 Å². The van der Waals surface area contributed by atoms with E-state index in [1.807, 2.05) is 51.1 Å². The summed E-state index contributed by atoms with van der Waals surface area (Å²) in [4.78, 5) is 32.2. The summed E-state index contributed by atoms with van der Waals surface area (Å²) in [5.41, 5.74) is 3.01. The molecule has 1 aliphatic heterocycles. The summed E-state index contributed by atoms with van der Waals surface area (Å²) in [5, 5.41) is 22.3. The van der Waals surface area contributed by atoms with E-state index in [2.05, 4.69) is 25.5 Å². The number of amides is 1. The molecular formula is C34H38FN7O5. The first-order valence-corrected chi connectivity index (χ1v) is 15.5. The molecule has 0 atom stereocenters. The molecule has 12 nitrogen and oxygen atoms in total. The molecule has 1 fully saturated rings. The summed E-state index contributed by atoms with van der Waals surface area (Å²) >= 11 is 0. The van der Waals surface area contributed by atoms with Crippen LogP contribution < -0.4 is 10.9 Å². The Morgan fingerprint density at radius 3 is 2.47 bits per heavy atom. The van der Waals surface area contributed by atoms with Gasteiger partial charge in [0.05, 0.1) is 30.4 Å². The number of hydrogen-bond acceptors (Lipinski definition) is 9. The van der Waals surface area contributed by atoms with Crippen molar-refractivity contribution in [3.05, 3.63) is 88.5 Å².